The van der Waals surface area contributed by atoms with E-state index in [1.54, 1.807) is 19.5 Å². The highest BCUT2D eigenvalue weighted by Gasteiger charge is 2.44. The molecule has 11 heteroatoms. The summed E-state index contributed by atoms with van der Waals surface area (Å²) in [6.07, 6.45) is 6.55. The molecule has 0 amide bonds. The van der Waals surface area contributed by atoms with Crippen molar-refractivity contribution in [2.45, 2.75) is 32.0 Å². The van der Waals surface area contributed by atoms with Gasteiger partial charge in [0.15, 0.2) is 11.6 Å². The number of piperazine rings is 1. The molecule has 0 spiro atoms. The lowest BCUT2D eigenvalue weighted by atomic mass is 9.87. The largest absolute Gasteiger partial charge is 0.480 e. The minimum absolute atomic E-state index is 0.484. The van der Waals surface area contributed by atoms with Crippen LogP contribution in [0.4, 0.5) is 17.5 Å². The lowest BCUT2D eigenvalue weighted by molar-refractivity contribution is -0.00979. The van der Waals surface area contributed by atoms with Gasteiger partial charge in [-0.3, -0.25) is 15.0 Å². The van der Waals surface area contributed by atoms with Gasteiger partial charge in [0.2, 0.25) is 5.88 Å². The Hall–Kier alpha value is -4.64. The first-order valence-corrected chi connectivity index (χ1v) is 13.0. The van der Waals surface area contributed by atoms with Crippen molar-refractivity contribution in [3.05, 3.63) is 72.4 Å². The van der Waals surface area contributed by atoms with Crippen molar-refractivity contribution in [1.29, 1.82) is 0 Å². The van der Waals surface area contributed by atoms with Gasteiger partial charge in [-0.2, -0.15) is 5.10 Å². The number of H-pyrrole nitrogens is 1. The Kier molecular flexibility index (Phi) is 5.77. The SMILES string of the molecule is COc1cnc(CN2C3CC2CN(c2ccc(-c4nc(Nc5cc(C)[nH]n5)c5ccccc5n4)cn2)C3)cn1. The molecule has 4 aromatic heterocycles. The molecule has 2 N–H and O–H groups in total. The lowest BCUT2D eigenvalue weighted by Gasteiger charge is -2.56. The Morgan fingerprint density at radius 3 is 2.59 bits per heavy atom. The predicted octanol–water partition coefficient (Wildman–Crippen LogP) is 3.73. The number of pyridine rings is 1. The number of fused-ring (bicyclic) bond motifs is 3. The van der Waals surface area contributed by atoms with Crippen LogP contribution in [0.25, 0.3) is 22.3 Å². The number of nitrogens with one attached hydrogen (secondary N) is 2. The number of rotatable bonds is 7. The Morgan fingerprint density at radius 2 is 1.87 bits per heavy atom. The zero-order valence-corrected chi connectivity index (χ0v) is 21.7. The number of methoxy groups -OCH3 is 1. The summed E-state index contributed by atoms with van der Waals surface area (Å²) >= 11 is 0. The number of aromatic amines is 1. The second-order valence-corrected chi connectivity index (χ2v) is 10.1. The Morgan fingerprint density at radius 1 is 1.00 bits per heavy atom. The fourth-order valence-corrected chi connectivity index (χ4v) is 5.46. The lowest BCUT2D eigenvalue weighted by Crippen LogP contribution is -2.68. The van der Waals surface area contributed by atoms with Crippen molar-refractivity contribution in [2.75, 3.05) is 30.4 Å². The van der Waals surface area contributed by atoms with E-state index in [1.807, 2.05) is 43.5 Å². The van der Waals surface area contributed by atoms with Crippen LogP contribution in [0, 0.1) is 6.92 Å². The number of piperidine rings is 1. The fraction of sp³-hybridized carbons (Fsp3) is 0.286. The number of hydrogen-bond acceptors (Lipinski definition) is 10. The first-order chi connectivity index (χ1) is 19.1. The molecule has 7 heterocycles. The molecule has 3 saturated heterocycles. The summed E-state index contributed by atoms with van der Waals surface area (Å²) in [5.74, 6) is 3.56. The fourth-order valence-electron chi connectivity index (χ4n) is 5.46. The zero-order chi connectivity index (χ0) is 26.3. The molecular weight excluding hydrogens is 492 g/mol. The van der Waals surface area contributed by atoms with E-state index in [0.29, 0.717) is 35.4 Å². The first kappa shape index (κ1) is 23.5. The highest BCUT2D eigenvalue weighted by atomic mass is 16.5. The number of ether oxygens (including phenoxy) is 1. The molecule has 0 saturated carbocycles. The van der Waals surface area contributed by atoms with E-state index in [2.05, 4.69) is 47.4 Å². The average Bonchev–Trinajstić information content (AvgIpc) is 3.40. The van der Waals surface area contributed by atoms with Crippen molar-refractivity contribution in [3.8, 4) is 17.3 Å². The maximum absolute atomic E-state index is 5.12. The number of hydrogen-bond donors (Lipinski definition) is 2. The van der Waals surface area contributed by atoms with Gasteiger partial charge in [0.1, 0.15) is 11.6 Å². The number of nitrogens with zero attached hydrogens (tertiary/aromatic N) is 8. The molecule has 0 radical (unpaired) electrons. The van der Waals surface area contributed by atoms with Gasteiger partial charge in [0.05, 0.1) is 30.7 Å². The van der Waals surface area contributed by atoms with Gasteiger partial charge >= 0.3 is 0 Å². The van der Waals surface area contributed by atoms with Crippen LogP contribution in [0.5, 0.6) is 5.88 Å². The molecule has 3 aliphatic rings. The minimum Gasteiger partial charge on any atom is -0.480 e. The topological polar surface area (TPSA) is 121 Å². The van der Waals surface area contributed by atoms with E-state index in [1.165, 1.54) is 6.42 Å². The number of aromatic nitrogens is 7. The van der Waals surface area contributed by atoms with Gasteiger partial charge in [-0.05, 0) is 37.6 Å². The van der Waals surface area contributed by atoms with Gasteiger partial charge in [-0.1, -0.05) is 12.1 Å². The molecule has 39 heavy (non-hydrogen) atoms. The summed E-state index contributed by atoms with van der Waals surface area (Å²) in [7, 11) is 1.60. The summed E-state index contributed by atoms with van der Waals surface area (Å²) < 4.78 is 5.12. The van der Waals surface area contributed by atoms with E-state index in [4.69, 9.17) is 19.7 Å². The maximum Gasteiger partial charge on any atom is 0.231 e. The Bertz CT molecular complexity index is 1610. The van der Waals surface area contributed by atoms with Gasteiger partial charge in [0, 0.05) is 60.6 Å². The summed E-state index contributed by atoms with van der Waals surface area (Å²) in [6, 6.07) is 15.0. The molecule has 1 aromatic carbocycles. The molecule has 2 unspecified atom stereocenters. The standard InChI is InChI=1S/C28H28N10O/c1-17-9-24(36-35-17)33-28-22-5-3-4-6-23(22)32-27(34-28)18-7-8-25(30-11-18)37-15-20-10-21(16-37)38(20)14-19-12-31-26(39-2)13-29-19/h3-9,11-13,20-21H,10,14-16H2,1-2H3,(H2,32,33,34,35,36). The molecule has 11 nitrogen and oxygen atoms in total. The number of para-hydroxylation sites is 1. The molecular formula is C28H28N10O. The van der Waals surface area contributed by atoms with E-state index < -0.39 is 0 Å². The maximum atomic E-state index is 5.12. The number of aryl methyl sites for hydroxylation is 1. The predicted molar refractivity (Wildman–Crippen MR) is 148 cm³/mol. The molecule has 2 bridgehead atoms. The molecule has 3 aliphatic heterocycles. The minimum atomic E-state index is 0.484. The van der Waals surface area contributed by atoms with E-state index in [9.17, 15) is 0 Å². The van der Waals surface area contributed by atoms with Gasteiger partial charge in [-0.25, -0.2) is 19.9 Å². The van der Waals surface area contributed by atoms with Crippen molar-refractivity contribution < 1.29 is 4.74 Å². The molecule has 196 valence electrons. The van der Waals surface area contributed by atoms with E-state index >= 15 is 0 Å². The molecule has 0 aliphatic carbocycles. The normalized spacial score (nSPS) is 18.7. The quantitative estimate of drug-likeness (QED) is 0.328. The van der Waals surface area contributed by atoms with Crippen LogP contribution in [0.2, 0.25) is 0 Å². The van der Waals surface area contributed by atoms with Crippen LogP contribution >= 0.6 is 0 Å². The summed E-state index contributed by atoms with van der Waals surface area (Å²) in [4.78, 5) is 28.1. The summed E-state index contributed by atoms with van der Waals surface area (Å²) in [6.45, 7) is 4.65. The summed E-state index contributed by atoms with van der Waals surface area (Å²) in [5, 5.41) is 11.5. The van der Waals surface area contributed by atoms with Crippen molar-refractivity contribution in [2.24, 2.45) is 0 Å². The number of anilines is 3. The Balaban J connectivity index is 1.07. The van der Waals surface area contributed by atoms with Gasteiger partial charge < -0.3 is 15.0 Å². The average molecular weight is 521 g/mol. The van der Waals surface area contributed by atoms with Crippen LogP contribution in [0.15, 0.2) is 61.1 Å². The smallest absolute Gasteiger partial charge is 0.231 e. The van der Waals surface area contributed by atoms with Crippen LogP contribution in [-0.2, 0) is 6.54 Å². The van der Waals surface area contributed by atoms with Gasteiger partial charge in [0.25, 0.3) is 0 Å². The van der Waals surface area contributed by atoms with Crippen LogP contribution in [-0.4, -0.2) is 72.3 Å². The third-order valence-corrected chi connectivity index (χ3v) is 7.47. The number of benzene rings is 1. The Labute approximate surface area is 225 Å². The van der Waals surface area contributed by atoms with E-state index in [-0.39, 0.29) is 0 Å². The molecule has 2 atom stereocenters. The molecule has 5 aromatic rings. The van der Waals surface area contributed by atoms with Crippen molar-refractivity contribution in [3.63, 3.8) is 0 Å². The zero-order valence-electron chi connectivity index (χ0n) is 21.7. The molecule has 8 rings (SSSR count). The highest BCUT2D eigenvalue weighted by Crippen LogP contribution is 2.35. The monoisotopic (exact) mass is 520 g/mol. The van der Waals surface area contributed by atoms with Crippen LogP contribution in [0.3, 0.4) is 0 Å². The summed E-state index contributed by atoms with van der Waals surface area (Å²) in [5.41, 5.74) is 3.67. The third-order valence-electron chi connectivity index (χ3n) is 7.47. The first-order valence-electron chi connectivity index (χ1n) is 13.0. The van der Waals surface area contributed by atoms with E-state index in [0.717, 1.165) is 53.3 Å². The molecule has 3 fully saturated rings. The van der Waals surface area contributed by atoms with Crippen molar-refractivity contribution in [1.82, 2.24) is 40.0 Å². The second kappa shape index (κ2) is 9.59. The highest BCUT2D eigenvalue weighted by molar-refractivity contribution is 5.91. The second-order valence-electron chi connectivity index (χ2n) is 10.1. The third kappa shape index (κ3) is 4.50. The van der Waals surface area contributed by atoms with Crippen LogP contribution in [0.1, 0.15) is 17.8 Å². The van der Waals surface area contributed by atoms with Crippen LogP contribution < -0.4 is 15.0 Å². The van der Waals surface area contributed by atoms with Gasteiger partial charge in [-0.15, -0.1) is 0 Å². The van der Waals surface area contributed by atoms with Crippen molar-refractivity contribution >= 4 is 28.4 Å².